The molecule has 1 aliphatic rings. The molecule has 1 aliphatic heterocycles. The Morgan fingerprint density at radius 3 is 3.04 bits per heavy atom. The topological polar surface area (TPSA) is 80.8 Å². The van der Waals surface area contributed by atoms with Crippen molar-refractivity contribution in [1.29, 1.82) is 0 Å². The van der Waals surface area contributed by atoms with Gasteiger partial charge in [-0.05, 0) is 23.8 Å². The molecule has 1 aromatic heterocycles. The number of fused-ring (bicyclic) bond motifs is 1. The zero-order valence-electron chi connectivity index (χ0n) is 13.2. The monoisotopic (exact) mass is 327 g/mol. The first-order chi connectivity index (χ1) is 11.7. The van der Waals surface area contributed by atoms with Gasteiger partial charge in [0.2, 0.25) is 11.8 Å². The molecule has 24 heavy (non-hydrogen) atoms. The Kier molecular flexibility index (Phi) is 4.60. The predicted molar refractivity (Wildman–Crippen MR) is 86.9 cm³/mol. The number of amides is 2. The molecular formula is C17H17N3O4. The minimum atomic E-state index is -0.254. The van der Waals surface area contributed by atoms with Crippen LogP contribution in [-0.4, -0.2) is 37.1 Å². The van der Waals surface area contributed by atoms with Gasteiger partial charge in [-0.2, -0.15) is 0 Å². The number of nitrogens with one attached hydrogen (secondary N) is 1. The number of carbonyl (C=O) groups is 2. The maximum Gasteiger partial charge on any atom is 0.265 e. The molecule has 0 fully saturated rings. The van der Waals surface area contributed by atoms with E-state index in [0.29, 0.717) is 23.9 Å². The average Bonchev–Trinajstić information content (AvgIpc) is 2.62. The van der Waals surface area contributed by atoms with E-state index in [1.807, 2.05) is 6.07 Å². The fraction of sp³-hybridized carbons (Fsp3) is 0.235. The summed E-state index contributed by atoms with van der Waals surface area (Å²) in [5.74, 6) is 0.591. The number of hydrogen-bond donors (Lipinski definition) is 1. The van der Waals surface area contributed by atoms with Crippen LogP contribution in [0.5, 0.6) is 11.6 Å². The van der Waals surface area contributed by atoms with Crippen molar-refractivity contribution in [1.82, 2.24) is 10.3 Å². The molecule has 0 saturated heterocycles. The number of para-hydroxylation sites is 2. The van der Waals surface area contributed by atoms with Crippen molar-refractivity contribution in [2.45, 2.75) is 6.54 Å². The summed E-state index contributed by atoms with van der Waals surface area (Å²) in [6.45, 7) is 0.213. The summed E-state index contributed by atoms with van der Waals surface area (Å²) in [6, 6.07) is 10.7. The zero-order chi connectivity index (χ0) is 16.9. The molecule has 7 nitrogen and oxygen atoms in total. The van der Waals surface area contributed by atoms with Crippen LogP contribution in [0, 0.1) is 0 Å². The third kappa shape index (κ3) is 3.45. The van der Waals surface area contributed by atoms with Crippen LogP contribution in [-0.2, 0) is 16.1 Å². The largest absolute Gasteiger partial charge is 0.482 e. The average molecular weight is 327 g/mol. The Labute approximate surface area is 139 Å². The molecule has 1 aromatic carbocycles. The summed E-state index contributed by atoms with van der Waals surface area (Å²) in [5.41, 5.74) is 1.47. The van der Waals surface area contributed by atoms with Crippen molar-refractivity contribution in [2.75, 3.05) is 25.2 Å². The van der Waals surface area contributed by atoms with Gasteiger partial charge >= 0.3 is 0 Å². The smallest absolute Gasteiger partial charge is 0.265 e. The summed E-state index contributed by atoms with van der Waals surface area (Å²) >= 11 is 0. The van der Waals surface area contributed by atoms with E-state index in [2.05, 4.69) is 10.3 Å². The van der Waals surface area contributed by atoms with Gasteiger partial charge in [-0.1, -0.05) is 12.1 Å². The van der Waals surface area contributed by atoms with E-state index in [1.54, 1.807) is 36.5 Å². The molecule has 0 atom stereocenters. The van der Waals surface area contributed by atoms with Crippen LogP contribution >= 0.6 is 0 Å². The number of aromatic nitrogens is 1. The number of carbonyl (C=O) groups excluding carboxylic acids is 2. The molecule has 2 aromatic rings. The first-order valence-electron chi connectivity index (χ1n) is 7.45. The van der Waals surface area contributed by atoms with E-state index >= 15 is 0 Å². The van der Waals surface area contributed by atoms with E-state index < -0.39 is 0 Å². The highest BCUT2D eigenvalue weighted by atomic mass is 16.5. The molecule has 2 amide bonds. The van der Waals surface area contributed by atoms with E-state index in [-0.39, 0.29) is 25.0 Å². The number of nitrogens with zero attached hydrogens (tertiary/aromatic N) is 2. The second-order valence-corrected chi connectivity index (χ2v) is 5.22. The molecule has 7 heteroatoms. The fourth-order valence-corrected chi connectivity index (χ4v) is 2.40. The van der Waals surface area contributed by atoms with Gasteiger partial charge in [-0.3, -0.25) is 14.5 Å². The van der Waals surface area contributed by atoms with Crippen LogP contribution in [0.3, 0.4) is 0 Å². The molecule has 1 N–H and O–H groups in total. The van der Waals surface area contributed by atoms with Crippen LogP contribution in [0.4, 0.5) is 5.69 Å². The quantitative estimate of drug-likeness (QED) is 0.890. The number of anilines is 1. The van der Waals surface area contributed by atoms with Gasteiger partial charge in [0.15, 0.2) is 6.61 Å². The molecule has 2 heterocycles. The van der Waals surface area contributed by atoms with Crippen molar-refractivity contribution in [2.24, 2.45) is 0 Å². The standard InChI is InChI=1S/C17H17N3O4/c1-23-16-8-12(6-7-18-16)9-19-15(21)10-20-13-4-2-3-5-14(13)24-11-17(20)22/h2-8H,9-11H2,1H3,(H,19,21). The lowest BCUT2D eigenvalue weighted by Gasteiger charge is -2.28. The minimum absolute atomic E-state index is 0.0541. The molecule has 0 unspecified atom stereocenters. The fourth-order valence-electron chi connectivity index (χ4n) is 2.40. The number of rotatable bonds is 5. The zero-order valence-corrected chi connectivity index (χ0v) is 13.2. The SMILES string of the molecule is COc1cc(CNC(=O)CN2C(=O)COc3ccccc32)ccn1. The molecule has 0 aliphatic carbocycles. The minimum Gasteiger partial charge on any atom is -0.482 e. The second kappa shape index (κ2) is 6.99. The summed E-state index contributed by atoms with van der Waals surface area (Å²) in [6.07, 6.45) is 1.61. The predicted octanol–water partition coefficient (Wildman–Crippen LogP) is 1.13. The van der Waals surface area contributed by atoms with Gasteiger partial charge in [0.25, 0.3) is 5.91 Å². The van der Waals surface area contributed by atoms with Crippen LogP contribution in [0.1, 0.15) is 5.56 Å². The highest BCUT2D eigenvalue weighted by molar-refractivity contribution is 6.02. The Morgan fingerprint density at radius 2 is 2.21 bits per heavy atom. The Morgan fingerprint density at radius 1 is 1.38 bits per heavy atom. The van der Waals surface area contributed by atoms with Gasteiger partial charge in [0.05, 0.1) is 12.8 Å². The third-order valence-corrected chi connectivity index (χ3v) is 3.61. The normalized spacial score (nSPS) is 13.0. The van der Waals surface area contributed by atoms with Gasteiger partial charge < -0.3 is 14.8 Å². The molecule has 3 rings (SSSR count). The van der Waals surface area contributed by atoms with Crippen LogP contribution in [0.25, 0.3) is 0 Å². The highest BCUT2D eigenvalue weighted by Crippen LogP contribution is 2.31. The van der Waals surface area contributed by atoms with E-state index in [1.165, 1.54) is 12.0 Å². The van der Waals surface area contributed by atoms with E-state index in [9.17, 15) is 9.59 Å². The first kappa shape index (κ1) is 15.8. The summed E-state index contributed by atoms with van der Waals surface area (Å²) in [7, 11) is 1.53. The summed E-state index contributed by atoms with van der Waals surface area (Å²) in [4.78, 5) is 29.7. The van der Waals surface area contributed by atoms with Crippen LogP contribution in [0.2, 0.25) is 0 Å². The number of benzene rings is 1. The van der Waals surface area contributed by atoms with Crippen molar-refractivity contribution in [3.8, 4) is 11.6 Å². The maximum atomic E-state index is 12.2. The molecule has 0 spiro atoms. The second-order valence-electron chi connectivity index (χ2n) is 5.22. The molecular weight excluding hydrogens is 310 g/mol. The third-order valence-electron chi connectivity index (χ3n) is 3.61. The summed E-state index contributed by atoms with van der Waals surface area (Å²) in [5, 5.41) is 2.79. The number of methoxy groups -OCH3 is 1. The Bertz CT molecular complexity index is 763. The van der Waals surface area contributed by atoms with E-state index in [0.717, 1.165) is 5.56 Å². The maximum absolute atomic E-state index is 12.2. The molecule has 124 valence electrons. The molecule has 0 radical (unpaired) electrons. The van der Waals surface area contributed by atoms with Gasteiger partial charge in [-0.25, -0.2) is 4.98 Å². The van der Waals surface area contributed by atoms with E-state index in [4.69, 9.17) is 9.47 Å². The van der Waals surface area contributed by atoms with Crippen molar-refractivity contribution >= 4 is 17.5 Å². The van der Waals surface area contributed by atoms with Crippen molar-refractivity contribution < 1.29 is 19.1 Å². The lowest BCUT2D eigenvalue weighted by atomic mass is 10.2. The van der Waals surface area contributed by atoms with Gasteiger partial charge in [0, 0.05) is 18.8 Å². The number of ether oxygens (including phenoxy) is 2. The van der Waals surface area contributed by atoms with Crippen molar-refractivity contribution in [3.05, 3.63) is 48.2 Å². The Balaban J connectivity index is 1.63. The Hall–Kier alpha value is -3.09. The molecule has 0 bridgehead atoms. The van der Waals surface area contributed by atoms with Gasteiger partial charge in [-0.15, -0.1) is 0 Å². The summed E-state index contributed by atoms with van der Waals surface area (Å²) < 4.78 is 10.4. The molecule has 0 saturated carbocycles. The van der Waals surface area contributed by atoms with Crippen LogP contribution < -0.4 is 19.7 Å². The highest BCUT2D eigenvalue weighted by Gasteiger charge is 2.26. The first-order valence-corrected chi connectivity index (χ1v) is 7.45. The number of pyridine rings is 1. The lowest BCUT2D eigenvalue weighted by molar-refractivity contribution is -0.125. The lowest BCUT2D eigenvalue weighted by Crippen LogP contribution is -2.45. The van der Waals surface area contributed by atoms with Gasteiger partial charge in [0.1, 0.15) is 12.3 Å². The number of hydrogen-bond acceptors (Lipinski definition) is 5. The van der Waals surface area contributed by atoms with Crippen LogP contribution in [0.15, 0.2) is 42.6 Å². The van der Waals surface area contributed by atoms with Crippen molar-refractivity contribution in [3.63, 3.8) is 0 Å².